The second-order valence-corrected chi connectivity index (χ2v) is 4.47. The fraction of sp³-hybridized carbons (Fsp3) is 0.600. The summed E-state index contributed by atoms with van der Waals surface area (Å²) >= 11 is 0. The van der Waals surface area contributed by atoms with Gasteiger partial charge in [0.05, 0.1) is 25.9 Å². The summed E-state index contributed by atoms with van der Waals surface area (Å²) in [7, 11) is 0. The highest BCUT2D eigenvalue weighted by Crippen LogP contribution is 2.10. The van der Waals surface area contributed by atoms with Crippen molar-refractivity contribution >= 4 is 0 Å². The van der Waals surface area contributed by atoms with Gasteiger partial charge in [0, 0.05) is 19.2 Å². The van der Waals surface area contributed by atoms with Crippen molar-refractivity contribution in [3.8, 4) is 0 Å². The van der Waals surface area contributed by atoms with Gasteiger partial charge in [-0.2, -0.15) is 0 Å². The minimum Gasteiger partial charge on any atom is -0.389 e. The van der Waals surface area contributed by atoms with E-state index in [4.69, 9.17) is 9.47 Å². The monoisotopic (exact) mass is 267 g/mol. The zero-order valence-electron chi connectivity index (χ0n) is 11.8. The van der Waals surface area contributed by atoms with Crippen LogP contribution in [0.25, 0.3) is 0 Å². The first kappa shape index (κ1) is 16.1. The molecule has 0 amide bonds. The van der Waals surface area contributed by atoms with Crippen molar-refractivity contribution < 1.29 is 14.6 Å². The molecule has 0 aliphatic rings. The van der Waals surface area contributed by atoms with Gasteiger partial charge in [-0.1, -0.05) is 30.3 Å². The van der Waals surface area contributed by atoms with Gasteiger partial charge in [-0.15, -0.1) is 0 Å². The predicted octanol–water partition coefficient (Wildman–Crippen LogP) is 1.75. The summed E-state index contributed by atoms with van der Waals surface area (Å²) in [6.45, 7) is 6.69. The van der Waals surface area contributed by atoms with Crippen molar-refractivity contribution in [2.45, 2.75) is 26.0 Å². The molecule has 0 radical (unpaired) electrons. The highest BCUT2D eigenvalue weighted by atomic mass is 16.5. The Morgan fingerprint density at radius 1 is 1.16 bits per heavy atom. The van der Waals surface area contributed by atoms with Crippen LogP contribution in [0.1, 0.15) is 25.5 Å². The molecule has 2 N–H and O–H groups in total. The molecule has 0 aliphatic heterocycles. The lowest BCUT2D eigenvalue weighted by Gasteiger charge is -2.17. The fourth-order valence-corrected chi connectivity index (χ4v) is 1.71. The van der Waals surface area contributed by atoms with Crippen LogP contribution in [0, 0.1) is 0 Å². The van der Waals surface area contributed by atoms with E-state index in [1.807, 2.05) is 25.1 Å². The van der Waals surface area contributed by atoms with E-state index in [1.165, 1.54) is 5.56 Å². The first-order valence-corrected chi connectivity index (χ1v) is 6.86. The second kappa shape index (κ2) is 9.92. The minimum absolute atomic E-state index is 0.222. The molecule has 0 saturated heterocycles. The van der Waals surface area contributed by atoms with E-state index < -0.39 is 6.10 Å². The Labute approximate surface area is 115 Å². The van der Waals surface area contributed by atoms with Crippen LogP contribution in [-0.4, -0.2) is 44.2 Å². The number of aliphatic hydroxyl groups excluding tert-OH is 1. The summed E-state index contributed by atoms with van der Waals surface area (Å²) < 4.78 is 10.5. The Kier molecular flexibility index (Phi) is 8.41. The molecule has 0 heterocycles. The molecule has 108 valence electrons. The molecule has 0 aliphatic carbocycles. The maximum Gasteiger partial charge on any atom is 0.0897 e. The van der Waals surface area contributed by atoms with Crippen LogP contribution in [0.15, 0.2) is 30.3 Å². The molecule has 0 spiro atoms. The molecule has 1 unspecified atom stereocenters. The van der Waals surface area contributed by atoms with Crippen molar-refractivity contribution in [2.75, 3.05) is 33.0 Å². The van der Waals surface area contributed by atoms with Gasteiger partial charge in [-0.25, -0.2) is 0 Å². The molecule has 1 aromatic rings. The van der Waals surface area contributed by atoms with Gasteiger partial charge in [0.25, 0.3) is 0 Å². The van der Waals surface area contributed by atoms with Crippen LogP contribution in [0.5, 0.6) is 0 Å². The quantitative estimate of drug-likeness (QED) is 0.634. The van der Waals surface area contributed by atoms with Gasteiger partial charge in [-0.05, 0) is 19.4 Å². The van der Waals surface area contributed by atoms with E-state index in [9.17, 15) is 5.11 Å². The average Bonchev–Trinajstić information content (AvgIpc) is 2.45. The molecule has 19 heavy (non-hydrogen) atoms. The highest BCUT2D eigenvalue weighted by Gasteiger charge is 2.08. The zero-order valence-corrected chi connectivity index (χ0v) is 11.8. The van der Waals surface area contributed by atoms with E-state index in [0.29, 0.717) is 33.0 Å². The van der Waals surface area contributed by atoms with Crippen LogP contribution in [-0.2, 0) is 9.47 Å². The predicted molar refractivity (Wildman–Crippen MR) is 76.2 cm³/mol. The van der Waals surface area contributed by atoms with Crippen molar-refractivity contribution in [1.82, 2.24) is 5.32 Å². The minimum atomic E-state index is -0.493. The molecule has 2 atom stereocenters. The molecule has 4 heteroatoms. The Morgan fingerprint density at radius 2 is 1.84 bits per heavy atom. The Balaban J connectivity index is 2.11. The average molecular weight is 267 g/mol. The SMILES string of the molecule is CCOCCOCC(O)CN[C@H](C)c1ccccc1. The number of ether oxygens (including phenoxy) is 2. The lowest BCUT2D eigenvalue weighted by Crippen LogP contribution is -2.32. The second-order valence-electron chi connectivity index (χ2n) is 4.47. The summed E-state index contributed by atoms with van der Waals surface area (Å²) in [4.78, 5) is 0. The molecule has 0 bridgehead atoms. The third-order valence-electron chi connectivity index (χ3n) is 2.85. The zero-order chi connectivity index (χ0) is 13.9. The van der Waals surface area contributed by atoms with Crippen LogP contribution in [0.2, 0.25) is 0 Å². The van der Waals surface area contributed by atoms with Crippen molar-refractivity contribution in [1.29, 1.82) is 0 Å². The number of nitrogens with one attached hydrogen (secondary N) is 1. The summed E-state index contributed by atoms with van der Waals surface area (Å²) in [6.07, 6.45) is -0.493. The van der Waals surface area contributed by atoms with Gasteiger partial charge < -0.3 is 19.9 Å². The van der Waals surface area contributed by atoms with Crippen molar-refractivity contribution in [3.05, 3.63) is 35.9 Å². The Morgan fingerprint density at radius 3 is 2.53 bits per heavy atom. The maximum atomic E-state index is 9.77. The van der Waals surface area contributed by atoms with Gasteiger partial charge in [0.2, 0.25) is 0 Å². The summed E-state index contributed by atoms with van der Waals surface area (Å²) in [5.41, 5.74) is 1.21. The van der Waals surface area contributed by atoms with Crippen LogP contribution in [0.4, 0.5) is 0 Å². The number of hydrogen-bond donors (Lipinski definition) is 2. The molecule has 1 rings (SSSR count). The molecule has 0 saturated carbocycles. The lowest BCUT2D eigenvalue weighted by molar-refractivity contribution is 0.00586. The summed E-state index contributed by atoms with van der Waals surface area (Å²) in [5.74, 6) is 0. The number of rotatable bonds is 10. The van der Waals surface area contributed by atoms with E-state index in [0.717, 1.165) is 0 Å². The maximum absolute atomic E-state index is 9.77. The molecule has 4 nitrogen and oxygen atoms in total. The number of aliphatic hydroxyl groups is 1. The smallest absolute Gasteiger partial charge is 0.0897 e. The van der Waals surface area contributed by atoms with Crippen molar-refractivity contribution in [2.24, 2.45) is 0 Å². The van der Waals surface area contributed by atoms with Crippen LogP contribution in [0.3, 0.4) is 0 Å². The van der Waals surface area contributed by atoms with Gasteiger partial charge >= 0.3 is 0 Å². The third-order valence-corrected chi connectivity index (χ3v) is 2.85. The highest BCUT2D eigenvalue weighted by molar-refractivity contribution is 5.17. The van der Waals surface area contributed by atoms with Crippen LogP contribution < -0.4 is 5.32 Å². The Hall–Kier alpha value is -0.940. The molecular formula is C15H25NO3. The largest absolute Gasteiger partial charge is 0.389 e. The topological polar surface area (TPSA) is 50.7 Å². The molecule has 0 fully saturated rings. The first-order chi connectivity index (χ1) is 9.24. The standard InChI is InChI=1S/C15H25NO3/c1-3-18-9-10-19-12-15(17)11-16-13(2)14-7-5-4-6-8-14/h4-8,13,15-17H,3,9-12H2,1-2H3/t13-,15?/m1/s1. The van der Waals surface area contributed by atoms with Gasteiger partial charge in [0.15, 0.2) is 0 Å². The third kappa shape index (κ3) is 7.28. The van der Waals surface area contributed by atoms with Gasteiger partial charge in [-0.3, -0.25) is 0 Å². The van der Waals surface area contributed by atoms with E-state index in [-0.39, 0.29) is 6.04 Å². The fourth-order valence-electron chi connectivity index (χ4n) is 1.71. The normalized spacial score (nSPS) is 14.3. The lowest BCUT2D eigenvalue weighted by atomic mass is 10.1. The summed E-state index contributed by atoms with van der Waals surface area (Å²) in [6, 6.07) is 10.4. The molecular weight excluding hydrogens is 242 g/mol. The van der Waals surface area contributed by atoms with Crippen molar-refractivity contribution in [3.63, 3.8) is 0 Å². The Bertz CT molecular complexity index is 318. The summed E-state index contributed by atoms with van der Waals surface area (Å²) in [5, 5.41) is 13.1. The first-order valence-electron chi connectivity index (χ1n) is 6.86. The molecule has 0 aromatic heterocycles. The molecule has 1 aromatic carbocycles. The van der Waals surface area contributed by atoms with Gasteiger partial charge in [0.1, 0.15) is 0 Å². The van der Waals surface area contributed by atoms with E-state index in [2.05, 4.69) is 24.4 Å². The number of hydrogen-bond acceptors (Lipinski definition) is 4. The van der Waals surface area contributed by atoms with E-state index in [1.54, 1.807) is 0 Å². The van der Waals surface area contributed by atoms with E-state index >= 15 is 0 Å². The number of benzene rings is 1. The van der Waals surface area contributed by atoms with Crippen LogP contribution >= 0.6 is 0 Å².